The molecule has 0 aromatic heterocycles. The molecule has 0 bridgehead atoms. The van der Waals surface area contributed by atoms with Gasteiger partial charge in [-0.3, -0.25) is 4.79 Å². The fraction of sp³-hybridized carbons (Fsp3) is 0.176. The van der Waals surface area contributed by atoms with Gasteiger partial charge < -0.3 is 10.1 Å². The third kappa shape index (κ3) is 4.12. The number of hydrogen-bond donors (Lipinski definition) is 1. The van der Waals surface area contributed by atoms with Gasteiger partial charge in [0, 0.05) is 5.69 Å². The number of anilines is 1. The van der Waals surface area contributed by atoms with Crippen LogP contribution in [0.5, 0.6) is 0 Å². The lowest BCUT2D eigenvalue weighted by Crippen LogP contribution is -2.22. The lowest BCUT2D eigenvalue weighted by molar-refractivity contribution is -0.119. The maximum atomic E-state index is 13.4. The van der Waals surface area contributed by atoms with Gasteiger partial charge in [0.05, 0.1) is 5.56 Å². The van der Waals surface area contributed by atoms with E-state index in [1.807, 2.05) is 19.9 Å². The summed E-state index contributed by atoms with van der Waals surface area (Å²) in [5.41, 5.74) is 1.94. The average Bonchev–Trinajstić information content (AvgIpc) is 2.52. The number of nitrogens with one attached hydrogen (secondary N) is 1. The van der Waals surface area contributed by atoms with Crippen molar-refractivity contribution in [2.24, 2.45) is 0 Å². The van der Waals surface area contributed by atoms with Crippen molar-refractivity contribution in [3.05, 3.63) is 64.7 Å². The summed E-state index contributed by atoms with van der Waals surface area (Å²) in [4.78, 5) is 23.5. The topological polar surface area (TPSA) is 55.4 Å². The molecule has 1 amide bonds. The Balaban J connectivity index is 1.98. The van der Waals surface area contributed by atoms with Gasteiger partial charge in [-0.1, -0.05) is 12.1 Å². The van der Waals surface area contributed by atoms with Crippen LogP contribution < -0.4 is 5.32 Å². The van der Waals surface area contributed by atoms with Crippen molar-refractivity contribution in [3.63, 3.8) is 0 Å². The van der Waals surface area contributed by atoms with Gasteiger partial charge in [0.2, 0.25) is 0 Å². The van der Waals surface area contributed by atoms with E-state index in [1.165, 1.54) is 0 Å². The van der Waals surface area contributed by atoms with E-state index in [9.17, 15) is 18.4 Å². The summed E-state index contributed by atoms with van der Waals surface area (Å²) < 4.78 is 31.2. The molecule has 0 unspecified atom stereocenters. The van der Waals surface area contributed by atoms with Crippen LogP contribution in [0.1, 0.15) is 21.5 Å². The number of ether oxygens (including phenoxy) is 1. The summed E-state index contributed by atoms with van der Waals surface area (Å²) in [6.45, 7) is 3.15. The Kier molecular flexibility index (Phi) is 5.05. The standard InChI is InChI=1S/C17H15F2NO3/c1-10-4-3-5-15(11(10)2)20-16(21)9-23-17(22)13-8-12(18)6-7-14(13)19/h3-8H,9H2,1-2H3,(H,20,21). The average molecular weight is 319 g/mol. The highest BCUT2D eigenvalue weighted by Crippen LogP contribution is 2.18. The maximum absolute atomic E-state index is 13.4. The summed E-state index contributed by atoms with van der Waals surface area (Å²) >= 11 is 0. The number of amides is 1. The largest absolute Gasteiger partial charge is 0.452 e. The number of rotatable bonds is 4. The van der Waals surface area contributed by atoms with Crippen LogP contribution in [0.25, 0.3) is 0 Å². The van der Waals surface area contributed by atoms with E-state index >= 15 is 0 Å². The highest BCUT2D eigenvalue weighted by molar-refractivity contribution is 5.96. The minimum atomic E-state index is -1.10. The van der Waals surface area contributed by atoms with Gasteiger partial charge in [0.25, 0.3) is 5.91 Å². The predicted molar refractivity (Wildman–Crippen MR) is 81.2 cm³/mol. The molecule has 2 aromatic rings. The zero-order chi connectivity index (χ0) is 17.0. The first kappa shape index (κ1) is 16.6. The number of aryl methyl sites for hydroxylation is 1. The number of hydrogen-bond acceptors (Lipinski definition) is 3. The third-order valence-electron chi connectivity index (χ3n) is 3.36. The molecule has 0 heterocycles. The molecular formula is C17H15F2NO3. The van der Waals surface area contributed by atoms with Crippen LogP contribution in [-0.2, 0) is 9.53 Å². The van der Waals surface area contributed by atoms with Crippen LogP contribution in [0, 0.1) is 25.5 Å². The first-order valence-electron chi connectivity index (χ1n) is 6.86. The second-order valence-corrected chi connectivity index (χ2v) is 5.00. The van der Waals surface area contributed by atoms with E-state index in [2.05, 4.69) is 5.32 Å². The Morgan fingerprint density at radius 2 is 1.87 bits per heavy atom. The second kappa shape index (κ2) is 7.00. The van der Waals surface area contributed by atoms with Gasteiger partial charge in [-0.2, -0.15) is 0 Å². The normalized spacial score (nSPS) is 10.3. The number of esters is 1. The maximum Gasteiger partial charge on any atom is 0.341 e. The Labute approximate surface area is 132 Å². The summed E-state index contributed by atoms with van der Waals surface area (Å²) in [6.07, 6.45) is 0. The van der Waals surface area contributed by atoms with Crippen LogP contribution in [0.3, 0.4) is 0 Å². The first-order valence-corrected chi connectivity index (χ1v) is 6.86. The summed E-state index contributed by atoms with van der Waals surface area (Å²) in [5, 5.41) is 2.60. The molecular weight excluding hydrogens is 304 g/mol. The molecule has 2 aromatic carbocycles. The minimum Gasteiger partial charge on any atom is -0.452 e. The van der Waals surface area contributed by atoms with E-state index in [1.54, 1.807) is 12.1 Å². The molecule has 120 valence electrons. The molecule has 0 aliphatic heterocycles. The SMILES string of the molecule is Cc1cccc(NC(=O)COC(=O)c2cc(F)ccc2F)c1C. The van der Waals surface area contributed by atoms with Crippen LogP contribution in [0.4, 0.5) is 14.5 Å². The Hall–Kier alpha value is -2.76. The van der Waals surface area contributed by atoms with Crippen molar-refractivity contribution in [2.45, 2.75) is 13.8 Å². The number of halogens is 2. The van der Waals surface area contributed by atoms with Gasteiger partial charge in [-0.25, -0.2) is 13.6 Å². The molecule has 0 aliphatic carbocycles. The van der Waals surface area contributed by atoms with Gasteiger partial charge >= 0.3 is 5.97 Å². The molecule has 0 spiro atoms. The summed E-state index contributed by atoms with van der Waals surface area (Å²) in [5.74, 6) is -3.34. The molecule has 0 saturated carbocycles. The molecule has 1 N–H and O–H groups in total. The van der Waals surface area contributed by atoms with Crippen molar-refractivity contribution in [3.8, 4) is 0 Å². The molecule has 0 atom stereocenters. The van der Waals surface area contributed by atoms with Crippen molar-refractivity contribution in [1.29, 1.82) is 0 Å². The molecule has 0 saturated heterocycles. The summed E-state index contributed by atoms with van der Waals surface area (Å²) in [7, 11) is 0. The van der Waals surface area contributed by atoms with Crippen LogP contribution in [0.2, 0.25) is 0 Å². The first-order chi connectivity index (χ1) is 10.9. The van der Waals surface area contributed by atoms with Crippen LogP contribution in [0.15, 0.2) is 36.4 Å². The Morgan fingerprint density at radius 3 is 2.61 bits per heavy atom. The zero-order valence-corrected chi connectivity index (χ0v) is 12.7. The molecule has 0 radical (unpaired) electrons. The van der Waals surface area contributed by atoms with E-state index in [4.69, 9.17) is 4.74 Å². The van der Waals surface area contributed by atoms with E-state index in [-0.39, 0.29) is 0 Å². The van der Waals surface area contributed by atoms with Gasteiger partial charge in [0.15, 0.2) is 6.61 Å². The molecule has 23 heavy (non-hydrogen) atoms. The van der Waals surface area contributed by atoms with Gasteiger partial charge in [0.1, 0.15) is 11.6 Å². The minimum absolute atomic E-state index is 0.551. The molecule has 4 nitrogen and oxygen atoms in total. The van der Waals surface area contributed by atoms with Crippen LogP contribution >= 0.6 is 0 Å². The van der Waals surface area contributed by atoms with Crippen molar-refractivity contribution < 1.29 is 23.1 Å². The van der Waals surface area contributed by atoms with E-state index in [0.717, 1.165) is 29.3 Å². The lowest BCUT2D eigenvalue weighted by atomic mass is 10.1. The van der Waals surface area contributed by atoms with Crippen molar-refractivity contribution >= 4 is 17.6 Å². The van der Waals surface area contributed by atoms with Crippen molar-refractivity contribution in [2.75, 3.05) is 11.9 Å². The Bertz CT molecular complexity index is 759. The third-order valence-corrected chi connectivity index (χ3v) is 3.36. The van der Waals surface area contributed by atoms with Crippen molar-refractivity contribution in [1.82, 2.24) is 0 Å². The zero-order valence-electron chi connectivity index (χ0n) is 12.7. The fourth-order valence-corrected chi connectivity index (χ4v) is 1.94. The Morgan fingerprint density at radius 1 is 1.13 bits per heavy atom. The number of carbonyl (C=O) groups excluding carboxylic acids is 2. The highest BCUT2D eigenvalue weighted by atomic mass is 19.1. The van der Waals surface area contributed by atoms with Crippen LogP contribution in [-0.4, -0.2) is 18.5 Å². The van der Waals surface area contributed by atoms with Gasteiger partial charge in [-0.15, -0.1) is 0 Å². The van der Waals surface area contributed by atoms with E-state index in [0.29, 0.717) is 5.69 Å². The second-order valence-electron chi connectivity index (χ2n) is 5.00. The quantitative estimate of drug-likeness (QED) is 0.879. The smallest absolute Gasteiger partial charge is 0.341 e. The summed E-state index contributed by atoms with van der Waals surface area (Å²) in [6, 6.07) is 7.83. The monoisotopic (exact) mass is 319 g/mol. The number of carbonyl (C=O) groups is 2. The van der Waals surface area contributed by atoms with E-state index < -0.39 is 35.7 Å². The molecule has 0 fully saturated rings. The highest BCUT2D eigenvalue weighted by Gasteiger charge is 2.16. The lowest BCUT2D eigenvalue weighted by Gasteiger charge is -2.10. The fourth-order valence-electron chi connectivity index (χ4n) is 1.94. The molecule has 2 rings (SSSR count). The molecule has 6 heteroatoms. The molecule has 0 aliphatic rings. The number of benzene rings is 2. The predicted octanol–water partition coefficient (Wildman–Crippen LogP) is 3.38. The van der Waals surface area contributed by atoms with Gasteiger partial charge in [-0.05, 0) is 49.2 Å².